The van der Waals surface area contributed by atoms with Crippen LogP contribution in [0.1, 0.15) is 34.1 Å². The molecule has 0 aliphatic rings. The number of nitrogens with one attached hydrogen (secondary N) is 1. The second-order valence-electron chi connectivity index (χ2n) is 6.02. The molecule has 0 aromatic heterocycles. The molecule has 0 saturated heterocycles. The summed E-state index contributed by atoms with van der Waals surface area (Å²) < 4.78 is 0. The Balaban J connectivity index is 2.02. The molecule has 0 spiro atoms. The van der Waals surface area contributed by atoms with Gasteiger partial charge < -0.3 is 5.32 Å². The van der Waals surface area contributed by atoms with Crippen molar-refractivity contribution in [1.29, 1.82) is 0 Å². The molecule has 1 N–H and O–H groups in total. The highest BCUT2D eigenvalue weighted by Crippen LogP contribution is 2.17. The van der Waals surface area contributed by atoms with Gasteiger partial charge in [-0.05, 0) is 58.2 Å². The quantitative estimate of drug-likeness (QED) is 0.549. The Hall–Kier alpha value is -0.510. The number of rotatable bonds is 9. The molecule has 1 aromatic carbocycles. The summed E-state index contributed by atoms with van der Waals surface area (Å²) in [6.45, 7) is 13.5. The molecule has 0 amide bonds. The maximum absolute atomic E-state index is 3.55. The number of hydrogen-bond donors (Lipinski definition) is 1. The summed E-state index contributed by atoms with van der Waals surface area (Å²) in [6, 6.07) is 10.6. The third kappa shape index (κ3) is 7.32. The Morgan fingerprint density at radius 3 is 2.40 bits per heavy atom. The summed E-state index contributed by atoms with van der Waals surface area (Å²) in [6.07, 6.45) is 1.22. The van der Waals surface area contributed by atoms with E-state index in [0.29, 0.717) is 0 Å². The minimum atomic E-state index is 0.277. The van der Waals surface area contributed by atoms with Crippen molar-refractivity contribution in [2.75, 3.05) is 31.9 Å². The van der Waals surface area contributed by atoms with Gasteiger partial charge in [0.25, 0.3) is 0 Å². The van der Waals surface area contributed by atoms with Crippen LogP contribution in [0.15, 0.2) is 35.2 Å². The minimum Gasteiger partial charge on any atom is -0.315 e. The van der Waals surface area contributed by atoms with Crippen LogP contribution in [0.25, 0.3) is 0 Å². The van der Waals surface area contributed by atoms with Gasteiger partial charge in [-0.2, -0.15) is 0 Å². The first-order valence-corrected chi connectivity index (χ1v) is 8.66. The van der Waals surface area contributed by atoms with E-state index >= 15 is 0 Å². The molecule has 3 heteroatoms. The summed E-state index contributed by atoms with van der Waals surface area (Å²) >= 11 is 1.94. The van der Waals surface area contributed by atoms with Crippen molar-refractivity contribution in [3.8, 4) is 0 Å². The normalized spacial score (nSPS) is 12.1. The van der Waals surface area contributed by atoms with Crippen LogP contribution < -0.4 is 5.32 Å². The maximum atomic E-state index is 3.55. The van der Waals surface area contributed by atoms with E-state index < -0.39 is 0 Å². The molecule has 0 unspecified atom stereocenters. The molecular weight excluding hydrogens is 264 g/mol. The molecule has 0 bridgehead atoms. The third-order valence-corrected chi connectivity index (χ3v) is 4.50. The van der Waals surface area contributed by atoms with Gasteiger partial charge in [0.05, 0.1) is 0 Å². The summed E-state index contributed by atoms with van der Waals surface area (Å²) in [4.78, 5) is 3.89. The van der Waals surface area contributed by atoms with Gasteiger partial charge >= 0.3 is 0 Å². The van der Waals surface area contributed by atoms with Crippen LogP contribution in [0.2, 0.25) is 0 Å². The Kier molecular flexibility index (Phi) is 8.27. The molecule has 0 heterocycles. The number of nitrogens with zero attached hydrogens (tertiary/aromatic N) is 1. The molecule has 114 valence electrons. The molecular formula is C17H30N2S. The first kappa shape index (κ1) is 17.5. The zero-order valence-electron chi connectivity index (χ0n) is 13.5. The highest BCUT2D eigenvalue weighted by molar-refractivity contribution is 7.99. The highest BCUT2D eigenvalue weighted by Gasteiger charge is 2.18. The van der Waals surface area contributed by atoms with Gasteiger partial charge in [-0.3, -0.25) is 4.90 Å². The van der Waals surface area contributed by atoms with Gasteiger partial charge in [-0.15, -0.1) is 11.8 Å². The average Bonchev–Trinajstić information content (AvgIpc) is 2.41. The molecule has 1 aromatic rings. The second-order valence-corrected chi connectivity index (χ2v) is 7.18. The lowest BCUT2D eigenvalue weighted by molar-refractivity contribution is 0.146. The lowest BCUT2D eigenvalue weighted by Crippen LogP contribution is -2.44. The zero-order chi connectivity index (χ0) is 14.8. The molecule has 0 aliphatic heterocycles. The summed E-state index contributed by atoms with van der Waals surface area (Å²) in [5.74, 6) is 1.19. The fourth-order valence-corrected chi connectivity index (χ4v) is 3.08. The molecule has 0 radical (unpaired) electrons. The predicted octanol–water partition coefficient (Wildman–Crippen LogP) is 3.88. The zero-order valence-corrected chi connectivity index (χ0v) is 14.3. The molecule has 0 saturated carbocycles. The van der Waals surface area contributed by atoms with Gasteiger partial charge in [0.2, 0.25) is 0 Å². The minimum absolute atomic E-state index is 0.277. The van der Waals surface area contributed by atoms with Gasteiger partial charge in [0, 0.05) is 23.5 Å². The predicted molar refractivity (Wildman–Crippen MR) is 91.7 cm³/mol. The number of thioether (sulfide) groups is 1. The van der Waals surface area contributed by atoms with E-state index in [1.165, 1.54) is 17.1 Å². The topological polar surface area (TPSA) is 15.3 Å². The number of likely N-dealkylation sites (N-methyl/N-ethyl adjacent to an activating group) is 1. The Morgan fingerprint density at radius 2 is 1.80 bits per heavy atom. The van der Waals surface area contributed by atoms with Gasteiger partial charge in [-0.25, -0.2) is 0 Å². The van der Waals surface area contributed by atoms with Crippen LogP contribution in [-0.2, 0) is 0 Å². The van der Waals surface area contributed by atoms with E-state index in [9.17, 15) is 0 Å². The van der Waals surface area contributed by atoms with Crippen LogP contribution in [0, 0.1) is 0 Å². The van der Waals surface area contributed by atoms with Crippen LogP contribution in [-0.4, -0.2) is 42.4 Å². The van der Waals surface area contributed by atoms with E-state index in [2.05, 4.69) is 68.2 Å². The van der Waals surface area contributed by atoms with Crippen molar-refractivity contribution >= 4 is 11.8 Å². The standard InChI is InChI=1S/C17H30N2S/c1-5-19(17(2,3)4)14-13-18-12-9-15-20-16-10-7-6-8-11-16/h6-8,10-11,18H,5,9,12-15H2,1-4H3. The number of benzene rings is 1. The molecule has 2 nitrogen and oxygen atoms in total. The Labute approximate surface area is 129 Å². The molecule has 1 rings (SSSR count). The van der Waals surface area contributed by atoms with Crippen molar-refractivity contribution in [2.45, 2.75) is 44.6 Å². The van der Waals surface area contributed by atoms with Crippen molar-refractivity contribution in [1.82, 2.24) is 10.2 Å². The van der Waals surface area contributed by atoms with Crippen molar-refractivity contribution in [3.63, 3.8) is 0 Å². The van der Waals surface area contributed by atoms with Crippen molar-refractivity contribution in [2.24, 2.45) is 0 Å². The van der Waals surface area contributed by atoms with Gasteiger partial charge in [-0.1, -0.05) is 25.1 Å². The maximum Gasteiger partial charge on any atom is 0.0125 e. The first-order valence-electron chi connectivity index (χ1n) is 7.67. The molecule has 0 aliphatic carbocycles. The van der Waals surface area contributed by atoms with E-state index in [1.807, 2.05) is 11.8 Å². The van der Waals surface area contributed by atoms with Crippen LogP contribution in [0.4, 0.5) is 0 Å². The summed E-state index contributed by atoms with van der Waals surface area (Å²) in [5, 5.41) is 3.55. The van der Waals surface area contributed by atoms with Crippen molar-refractivity contribution in [3.05, 3.63) is 30.3 Å². The lowest BCUT2D eigenvalue weighted by Gasteiger charge is -2.34. The fourth-order valence-electron chi connectivity index (χ4n) is 2.21. The number of hydrogen-bond acceptors (Lipinski definition) is 3. The highest BCUT2D eigenvalue weighted by atomic mass is 32.2. The van der Waals surface area contributed by atoms with E-state index in [-0.39, 0.29) is 5.54 Å². The Bertz CT molecular complexity index is 346. The molecule has 20 heavy (non-hydrogen) atoms. The van der Waals surface area contributed by atoms with Crippen LogP contribution in [0.3, 0.4) is 0 Å². The van der Waals surface area contributed by atoms with Crippen LogP contribution >= 0.6 is 11.8 Å². The SMILES string of the molecule is CCN(CCNCCCSc1ccccc1)C(C)(C)C. The molecule has 0 atom stereocenters. The first-order chi connectivity index (χ1) is 9.54. The second kappa shape index (κ2) is 9.43. The van der Waals surface area contributed by atoms with Crippen molar-refractivity contribution < 1.29 is 0 Å². The summed E-state index contributed by atoms with van der Waals surface area (Å²) in [7, 11) is 0. The van der Waals surface area contributed by atoms with E-state index in [1.54, 1.807) is 0 Å². The van der Waals surface area contributed by atoms with Gasteiger partial charge in [0.15, 0.2) is 0 Å². The smallest absolute Gasteiger partial charge is 0.0125 e. The fraction of sp³-hybridized carbons (Fsp3) is 0.647. The monoisotopic (exact) mass is 294 g/mol. The van der Waals surface area contributed by atoms with E-state index in [0.717, 1.165) is 26.2 Å². The van der Waals surface area contributed by atoms with Crippen LogP contribution in [0.5, 0.6) is 0 Å². The lowest BCUT2D eigenvalue weighted by atomic mass is 10.1. The Morgan fingerprint density at radius 1 is 1.10 bits per heavy atom. The van der Waals surface area contributed by atoms with Gasteiger partial charge in [0.1, 0.15) is 0 Å². The van der Waals surface area contributed by atoms with E-state index in [4.69, 9.17) is 0 Å². The third-order valence-electron chi connectivity index (χ3n) is 3.40. The molecule has 0 fully saturated rings. The largest absolute Gasteiger partial charge is 0.315 e. The average molecular weight is 295 g/mol. The summed E-state index contributed by atoms with van der Waals surface area (Å²) in [5.41, 5.74) is 0.277.